The zero-order valence-electron chi connectivity index (χ0n) is 9.18. The van der Waals surface area contributed by atoms with Gasteiger partial charge in [-0.05, 0) is 25.3 Å². The number of aromatic nitrogens is 2. The van der Waals surface area contributed by atoms with E-state index < -0.39 is 0 Å². The van der Waals surface area contributed by atoms with Gasteiger partial charge in [-0.25, -0.2) is 9.97 Å². The van der Waals surface area contributed by atoms with Gasteiger partial charge in [0.25, 0.3) is 0 Å². The van der Waals surface area contributed by atoms with Gasteiger partial charge in [0.2, 0.25) is 0 Å². The fourth-order valence-corrected chi connectivity index (χ4v) is 1.43. The van der Waals surface area contributed by atoms with E-state index in [2.05, 4.69) is 44.6 Å². The number of aryl methyl sites for hydroxylation is 2. The van der Waals surface area contributed by atoms with Crippen LogP contribution in [-0.4, -0.2) is 9.97 Å². The van der Waals surface area contributed by atoms with Crippen LogP contribution >= 0.6 is 0 Å². The summed E-state index contributed by atoms with van der Waals surface area (Å²) in [5.41, 5.74) is 3.56. The van der Waals surface area contributed by atoms with Crippen LogP contribution in [0.5, 0.6) is 0 Å². The lowest BCUT2D eigenvalue weighted by molar-refractivity contribution is 0.765. The molecule has 2 nitrogen and oxygen atoms in total. The molecule has 0 spiro atoms. The highest BCUT2D eigenvalue weighted by molar-refractivity contribution is 5.25. The second kappa shape index (κ2) is 3.86. The van der Waals surface area contributed by atoms with E-state index in [4.69, 9.17) is 0 Å². The summed E-state index contributed by atoms with van der Waals surface area (Å²) in [4.78, 5) is 8.96. The first kappa shape index (κ1) is 10.2. The summed E-state index contributed by atoms with van der Waals surface area (Å²) in [6.07, 6.45) is 0.917. The standard InChI is InChI=1S/C11H18N2/c1-6-10-12-9(5)8(4)11(13-10)7(2)3/h7H,6H2,1-5H3. The molecule has 0 aliphatic rings. The van der Waals surface area contributed by atoms with Crippen LogP contribution in [0, 0.1) is 13.8 Å². The molecule has 0 saturated heterocycles. The summed E-state index contributed by atoms with van der Waals surface area (Å²) in [5.74, 6) is 1.46. The van der Waals surface area contributed by atoms with E-state index in [1.165, 1.54) is 11.3 Å². The Hall–Kier alpha value is -0.920. The van der Waals surface area contributed by atoms with Crippen LogP contribution in [0.3, 0.4) is 0 Å². The molecule has 0 bridgehead atoms. The molecule has 1 heterocycles. The fraction of sp³-hybridized carbons (Fsp3) is 0.636. The Bertz CT molecular complexity index is 303. The van der Waals surface area contributed by atoms with Crippen LogP contribution in [0.4, 0.5) is 0 Å². The predicted molar refractivity (Wildman–Crippen MR) is 55.0 cm³/mol. The normalized spacial score (nSPS) is 10.9. The van der Waals surface area contributed by atoms with E-state index in [-0.39, 0.29) is 0 Å². The summed E-state index contributed by atoms with van der Waals surface area (Å²) in [7, 11) is 0. The Morgan fingerprint density at radius 3 is 2.23 bits per heavy atom. The molecule has 13 heavy (non-hydrogen) atoms. The van der Waals surface area contributed by atoms with Gasteiger partial charge in [-0.2, -0.15) is 0 Å². The molecular weight excluding hydrogens is 160 g/mol. The van der Waals surface area contributed by atoms with Crippen molar-refractivity contribution >= 4 is 0 Å². The largest absolute Gasteiger partial charge is 0.238 e. The van der Waals surface area contributed by atoms with Crippen molar-refractivity contribution in [2.24, 2.45) is 0 Å². The molecule has 72 valence electrons. The molecule has 0 aliphatic heterocycles. The smallest absolute Gasteiger partial charge is 0.128 e. The van der Waals surface area contributed by atoms with Gasteiger partial charge in [0.1, 0.15) is 5.82 Å². The third kappa shape index (κ3) is 2.06. The second-order valence-electron chi connectivity index (χ2n) is 3.74. The van der Waals surface area contributed by atoms with Crippen LogP contribution in [0.2, 0.25) is 0 Å². The third-order valence-electron chi connectivity index (χ3n) is 2.34. The minimum absolute atomic E-state index is 0.493. The monoisotopic (exact) mass is 178 g/mol. The highest BCUT2D eigenvalue weighted by Crippen LogP contribution is 2.18. The Labute approximate surface area is 80.4 Å². The van der Waals surface area contributed by atoms with Crippen LogP contribution in [0.25, 0.3) is 0 Å². The minimum Gasteiger partial charge on any atom is -0.238 e. The molecule has 0 aliphatic carbocycles. The van der Waals surface area contributed by atoms with Crippen molar-refractivity contribution in [3.8, 4) is 0 Å². The van der Waals surface area contributed by atoms with E-state index in [1.54, 1.807) is 0 Å². The van der Waals surface area contributed by atoms with Gasteiger partial charge in [-0.15, -0.1) is 0 Å². The summed E-state index contributed by atoms with van der Waals surface area (Å²) in [6.45, 7) is 10.6. The molecule has 0 fully saturated rings. The van der Waals surface area contributed by atoms with Gasteiger partial charge in [-0.1, -0.05) is 20.8 Å². The summed E-state index contributed by atoms with van der Waals surface area (Å²) in [6, 6.07) is 0. The molecule has 1 aromatic rings. The topological polar surface area (TPSA) is 25.8 Å². The van der Waals surface area contributed by atoms with Gasteiger partial charge >= 0.3 is 0 Å². The van der Waals surface area contributed by atoms with Gasteiger partial charge in [0.15, 0.2) is 0 Å². The van der Waals surface area contributed by atoms with E-state index in [0.717, 1.165) is 17.9 Å². The van der Waals surface area contributed by atoms with Crippen LogP contribution < -0.4 is 0 Å². The van der Waals surface area contributed by atoms with Gasteiger partial charge in [0, 0.05) is 17.8 Å². The van der Waals surface area contributed by atoms with E-state index >= 15 is 0 Å². The van der Waals surface area contributed by atoms with Crippen molar-refractivity contribution < 1.29 is 0 Å². The van der Waals surface area contributed by atoms with Crippen molar-refractivity contribution in [1.29, 1.82) is 0 Å². The lowest BCUT2D eigenvalue weighted by Gasteiger charge is -2.11. The SMILES string of the molecule is CCc1nc(C)c(C)c(C(C)C)n1. The van der Waals surface area contributed by atoms with Crippen molar-refractivity contribution in [3.63, 3.8) is 0 Å². The van der Waals surface area contributed by atoms with Crippen LogP contribution in [0.15, 0.2) is 0 Å². The van der Waals surface area contributed by atoms with E-state index in [0.29, 0.717) is 5.92 Å². The zero-order chi connectivity index (χ0) is 10.0. The Morgan fingerprint density at radius 1 is 1.15 bits per heavy atom. The predicted octanol–water partition coefficient (Wildman–Crippen LogP) is 2.78. The van der Waals surface area contributed by atoms with Gasteiger partial charge in [-0.3, -0.25) is 0 Å². The average Bonchev–Trinajstić information content (AvgIpc) is 2.09. The molecule has 0 N–H and O–H groups in total. The van der Waals surface area contributed by atoms with Crippen molar-refractivity contribution in [2.75, 3.05) is 0 Å². The third-order valence-corrected chi connectivity index (χ3v) is 2.34. The fourth-order valence-electron chi connectivity index (χ4n) is 1.43. The molecule has 0 unspecified atom stereocenters. The summed E-state index contributed by atoms with van der Waals surface area (Å²) in [5, 5.41) is 0. The highest BCUT2D eigenvalue weighted by atomic mass is 14.9. The summed E-state index contributed by atoms with van der Waals surface area (Å²) >= 11 is 0. The molecule has 1 aromatic heterocycles. The first-order valence-electron chi connectivity index (χ1n) is 4.90. The minimum atomic E-state index is 0.493. The quantitative estimate of drug-likeness (QED) is 0.696. The molecule has 0 amide bonds. The van der Waals surface area contributed by atoms with Gasteiger partial charge in [0.05, 0.1) is 0 Å². The Kier molecular flexibility index (Phi) is 3.02. The first-order chi connectivity index (χ1) is 6.06. The second-order valence-corrected chi connectivity index (χ2v) is 3.74. The Balaban J connectivity index is 3.25. The van der Waals surface area contributed by atoms with E-state index in [9.17, 15) is 0 Å². The molecule has 0 radical (unpaired) electrons. The lowest BCUT2D eigenvalue weighted by Crippen LogP contribution is -2.05. The molecule has 0 aromatic carbocycles. The van der Waals surface area contributed by atoms with Gasteiger partial charge < -0.3 is 0 Å². The van der Waals surface area contributed by atoms with Crippen LogP contribution in [0.1, 0.15) is 49.5 Å². The zero-order valence-corrected chi connectivity index (χ0v) is 9.18. The number of rotatable bonds is 2. The molecule has 0 saturated carbocycles. The van der Waals surface area contributed by atoms with Crippen LogP contribution in [-0.2, 0) is 6.42 Å². The maximum Gasteiger partial charge on any atom is 0.128 e. The molecule has 1 rings (SSSR count). The highest BCUT2D eigenvalue weighted by Gasteiger charge is 2.09. The maximum absolute atomic E-state index is 4.54. The maximum atomic E-state index is 4.54. The lowest BCUT2D eigenvalue weighted by atomic mass is 10.0. The van der Waals surface area contributed by atoms with Crippen molar-refractivity contribution in [2.45, 2.75) is 47.0 Å². The molecule has 2 heteroatoms. The summed E-state index contributed by atoms with van der Waals surface area (Å²) < 4.78 is 0. The number of hydrogen-bond donors (Lipinski definition) is 0. The van der Waals surface area contributed by atoms with Crippen molar-refractivity contribution in [1.82, 2.24) is 9.97 Å². The Morgan fingerprint density at radius 2 is 1.77 bits per heavy atom. The van der Waals surface area contributed by atoms with Crippen molar-refractivity contribution in [3.05, 3.63) is 22.8 Å². The number of nitrogens with zero attached hydrogens (tertiary/aromatic N) is 2. The molecule has 0 atom stereocenters. The first-order valence-corrected chi connectivity index (χ1v) is 4.90. The molecular formula is C11H18N2. The van der Waals surface area contributed by atoms with E-state index in [1.807, 2.05) is 0 Å². The number of hydrogen-bond acceptors (Lipinski definition) is 2. The average molecular weight is 178 g/mol.